The van der Waals surface area contributed by atoms with Crippen LogP contribution >= 0.6 is 0 Å². The number of rotatable bonds is 8. The molecule has 0 saturated carbocycles. The second kappa shape index (κ2) is 15.4. The van der Waals surface area contributed by atoms with E-state index in [1.54, 1.807) is 0 Å². The summed E-state index contributed by atoms with van der Waals surface area (Å²) in [7, 11) is 0. The van der Waals surface area contributed by atoms with Crippen LogP contribution in [0.4, 0.5) is 0 Å². The maximum atomic E-state index is 6.30. The Balaban J connectivity index is 0.784. The average molecular weight is 881 g/mol. The lowest BCUT2D eigenvalue weighted by Gasteiger charge is -2.25. The van der Waals surface area contributed by atoms with Crippen molar-refractivity contribution in [1.29, 1.82) is 0 Å². The lowest BCUT2D eigenvalue weighted by Crippen LogP contribution is -2.16. The molecule has 14 rings (SSSR count). The largest absolute Gasteiger partial charge is 0.456 e. The second-order valence-electron chi connectivity index (χ2n) is 19.9. The van der Waals surface area contributed by atoms with Gasteiger partial charge in [0.1, 0.15) is 11.2 Å². The van der Waals surface area contributed by atoms with Gasteiger partial charge < -0.3 is 4.42 Å². The summed E-state index contributed by atoms with van der Waals surface area (Å²) in [6.07, 6.45) is 1.96. The standard InChI is InChI=1S/C68H48O/c1-68(2)62-40-49(43-11-4-3-5-12-43)28-33-56(62)57-34-29-50(41-63(57)68)51(55-35-36-60-54-16-9-8-15-53(54)58-17-10-18-59(55)66(58)60)32-21-42-19-22-44(23-20-42)45-24-26-46(27-25-45)48-31-37-64-61(39-48)67-52-14-7-6-13-47(52)30-38-65(67)69-64/h3-20,22-31,33-41,51H,21,32H2,1-2H3. The summed E-state index contributed by atoms with van der Waals surface area (Å²) in [5, 5.41) is 7.55. The van der Waals surface area contributed by atoms with E-state index in [1.165, 1.54) is 122 Å². The third kappa shape index (κ3) is 6.30. The minimum atomic E-state index is -0.134. The number of fused-ring (bicyclic) bond motifs is 11. The zero-order chi connectivity index (χ0) is 45.8. The fourth-order valence-electron chi connectivity index (χ4n) is 12.2. The molecule has 0 bridgehead atoms. The summed E-state index contributed by atoms with van der Waals surface area (Å²) < 4.78 is 6.30. The van der Waals surface area contributed by atoms with Gasteiger partial charge in [-0.1, -0.05) is 214 Å². The number of hydrogen-bond donors (Lipinski definition) is 0. The molecule has 12 aromatic rings. The first-order valence-corrected chi connectivity index (χ1v) is 24.5. The highest BCUT2D eigenvalue weighted by atomic mass is 16.3. The molecule has 1 unspecified atom stereocenters. The Hall–Kier alpha value is -8.26. The lowest BCUT2D eigenvalue weighted by molar-refractivity contribution is 0.655. The Labute approximate surface area is 403 Å². The Morgan fingerprint density at radius 3 is 1.74 bits per heavy atom. The van der Waals surface area contributed by atoms with E-state index in [2.05, 4.69) is 238 Å². The molecule has 0 radical (unpaired) electrons. The Morgan fingerprint density at radius 1 is 0.377 bits per heavy atom. The molecule has 0 N–H and O–H groups in total. The van der Waals surface area contributed by atoms with Crippen molar-refractivity contribution in [2.75, 3.05) is 0 Å². The molecule has 2 aliphatic carbocycles. The van der Waals surface area contributed by atoms with E-state index in [4.69, 9.17) is 4.42 Å². The van der Waals surface area contributed by atoms with E-state index in [-0.39, 0.29) is 11.3 Å². The summed E-state index contributed by atoms with van der Waals surface area (Å²) in [5.41, 5.74) is 24.2. The maximum absolute atomic E-state index is 6.30. The SMILES string of the molecule is CC1(C)c2cc(-c3ccccc3)ccc2-c2ccc(C(CCc3ccc(-c4ccc(-c5ccc6oc7ccc8ccccc8c7c6c5)cc4)cc3)c3ccc4c5c(cccc35)-c3ccccc3-4)cc21. The van der Waals surface area contributed by atoms with Crippen LogP contribution in [-0.2, 0) is 11.8 Å². The highest BCUT2D eigenvalue weighted by Gasteiger charge is 2.37. The topological polar surface area (TPSA) is 13.1 Å². The van der Waals surface area contributed by atoms with Crippen molar-refractivity contribution >= 4 is 43.5 Å². The first-order valence-electron chi connectivity index (χ1n) is 24.5. The van der Waals surface area contributed by atoms with Crippen LogP contribution in [-0.4, -0.2) is 0 Å². The van der Waals surface area contributed by atoms with Gasteiger partial charge in [-0.2, -0.15) is 0 Å². The van der Waals surface area contributed by atoms with Crippen LogP contribution in [0.2, 0.25) is 0 Å². The molecule has 0 fully saturated rings. The zero-order valence-corrected chi connectivity index (χ0v) is 38.8. The molecule has 0 amide bonds. The van der Waals surface area contributed by atoms with Gasteiger partial charge in [-0.3, -0.25) is 0 Å². The van der Waals surface area contributed by atoms with Gasteiger partial charge >= 0.3 is 0 Å². The molecule has 2 aliphatic rings. The zero-order valence-electron chi connectivity index (χ0n) is 38.8. The molecular weight excluding hydrogens is 833 g/mol. The van der Waals surface area contributed by atoms with Gasteiger partial charge in [-0.25, -0.2) is 0 Å². The van der Waals surface area contributed by atoms with Crippen molar-refractivity contribution in [1.82, 2.24) is 0 Å². The molecule has 1 nitrogen and oxygen atoms in total. The molecule has 1 heteroatoms. The fraction of sp³-hybridized carbons (Fsp3) is 0.0882. The van der Waals surface area contributed by atoms with E-state index in [0.717, 1.165) is 29.4 Å². The summed E-state index contributed by atoms with van der Waals surface area (Å²) in [6, 6.07) is 83.7. The first-order chi connectivity index (χ1) is 33.9. The molecule has 0 spiro atoms. The number of furan rings is 1. The molecule has 0 saturated heterocycles. The van der Waals surface area contributed by atoms with Gasteiger partial charge in [-0.15, -0.1) is 0 Å². The molecule has 0 aliphatic heterocycles. The highest BCUT2D eigenvalue weighted by molar-refractivity contribution is 6.19. The summed E-state index contributed by atoms with van der Waals surface area (Å²) in [4.78, 5) is 0. The van der Waals surface area contributed by atoms with Gasteiger partial charge in [0.05, 0.1) is 0 Å². The van der Waals surface area contributed by atoms with Gasteiger partial charge in [0.2, 0.25) is 0 Å². The summed E-state index contributed by atoms with van der Waals surface area (Å²) in [5.74, 6) is 0.202. The minimum Gasteiger partial charge on any atom is -0.456 e. The van der Waals surface area contributed by atoms with Gasteiger partial charge in [-0.05, 0) is 153 Å². The van der Waals surface area contributed by atoms with Crippen molar-refractivity contribution < 1.29 is 4.42 Å². The van der Waals surface area contributed by atoms with Crippen LogP contribution < -0.4 is 0 Å². The van der Waals surface area contributed by atoms with Crippen molar-refractivity contribution in [2.24, 2.45) is 0 Å². The van der Waals surface area contributed by atoms with Crippen molar-refractivity contribution in [3.63, 3.8) is 0 Å². The number of benzene rings is 11. The average Bonchev–Trinajstić information content (AvgIpc) is 4.03. The van der Waals surface area contributed by atoms with Gasteiger partial charge in [0.15, 0.2) is 0 Å². The van der Waals surface area contributed by atoms with Crippen molar-refractivity contribution in [3.05, 3.63) is 252 Å². The first kappa shape index (κ1) is 39.9. The predicted molar refractivity (Wildman–Crippen MR) is 290 cm³/mol. The Bertz CT molecular complexity index is 3990. The van der Waals surface area contributed by atoms with Gasteiger partial charge in [0, 0.05) is 22.1 Å². The predicted octanol–water partition coefficient (Wildman–Crippen LogP) is 18.6. The molecular formula is C68H48O. The van der Waals surface area contributed by atoms with E-state index in [9.17, 15) is 0 Å². The van der Waals surface area contributed by atoms with Crippen molar-refractivity contribution in [2.45, 2.75) is 38.0 Å². The smallest absolute Gasteiger partial charge is 0.136 e. The summed E-state index contributed by atoms with van der Waals surface area (Å²) in [6.45, 7) is 4.83. The molecule has 11 aromatic carbocycles. The fourth-order valence-corrected chi connectivity index (χ4v) is 12.2. The van der Waals surface area contributed by atoms with E-state index >= 15 is 0 Å². The quantitative estimate of drug-likeness (QED) is 0.148. The molecule has 69 heavy (non-hydrogen) atoms. The minimum absolute atomic E-state index is 0.134. The molecule has 1 heterocycles. The van der Waals surface area contributed by atoms with Crippen LogP contribution in [0.25, 0.3) is 110 Å². The van der Waals surface area contributed by atoms with Crippen LogP contribution in [0.5, 0.6) is 0 Å². The van der Waals surface area contributed by atoms with E-state index < -0.39 is 0 Å². The Morgan fingerprint density at radius 2 is 0.942 bits per heavy atom. The monoisotopic (exact) mass is 880 g/mol. The van der Waals surface area contributed by atoms with Crippen molar-refractivity contribution in [3.8, 4) is 66.8 Å². The van der Waals surface area contributed by atoms with E-state index in [1.807, 2.05) is 0 Å². The van der Waals surface area contributed by atoms with Crippen LogP contribution in [0, 0.1) is 0 Å². The van der Waals surface area contributed by atoms with E-state index in [0.29, 0.717) is 0 Å². The molecule has 1 aromatic heterocycles. The van der Waals surface area contributed by atoms with Gasteiger partial charge in [0.25, 0.3) is 0 Å². The van der Waals surface area contributed by atoms with Crippen LogP contribution in [0.3, 0.4) is 0 Å². The highest BCUT2D eigenvalue weighted by Crippen LogP contribution is 2.53. The number of aryl methyl sites for hydroxylation is 1. The van der Waals surface area contributed by atoms with Crippen LogP contribution in [0.15, 0.2) is 229 Å². The Kier molecular flexibility index (Phi) is 8.89. The molecule has 1 atom stereocenters. The molecule has 326 valence electrons. The third-order valence-corrected chi connectivity index (χ3v) is 15.8. The van der Waals surface area contributed by atoms with Crippen LogP contribution in [0.1, 0.15) is 54.0 Å². The number of hydrogen-bond acceptors (Lipinski definition) is 1. The maximum Gasteiger partial charge on any atom is 0.136 e. The summed E-state index contributed by atoms with van der Waals surface area (Å²) >= 11 is 0. The second-order valence-corrected chi connectivity index (χ2v) is 19.9. The lowest BCUT2D eigenvalue weighted by atomic mass is 9.78. The normalized spacial score (nSPS) is 13.5. The third-order valence-electron chi connectivity index (χ3n) is 15.8.